The number of nitrogens with one attached hydrogen (secondary N) is 1. The standard InChI is InChI=1S/C44H48N4O5/c49-35-11-16-38-33(28-35)10-15-37(31-5-2-1-3-6-31)42(38)32-8-12-36(13-9-32)53-26-25-47-21-4-20-46(23-24-47)22-19-30-7-14-39-34(27-30)29-48(44(39)52)40-17-18-41(50)45-43(40)51/h1-3,5-9,11-14,16,27-28,37,40,42,49H,4,10,15,17-26,29H2,(H,45,50,51)/t37-,40+,42+/m1/s1. The lowest BCUT2D eigenvalue weighted by Crippen LogP contribution is -2.52. The predicted octanol–water partition coefficient (Wildman–Crippen LogP) is 5.64. The number of benzene rings is 4. The Bertz CT molecular complexity index is 1960. The number of carbonyl (C=O) groups is 3. The summed E-state index contributed by atoms with van der Waals surface area (Å²) in [6.07, 6.45) is 4.65. The van der Waals surface area contributed by atoms with Gasteiger partial charge in [0.05, 0.1) is 0 Å². The van der Waals surface area contributed by atoms with E-state index in [9.17, 15) is 19.5 Å². The summed E-state index contributed by atoms with van der Waals surface area (Å²) in [5.74, 6) is 1.05. The van der Waals surface area contributed by atoms with Crippen LogP contribution in [0.3, 0.4) is 0 Å². The first-order chi connectivity index (χ1) is 25.9. The summed E-state index contributed by atoms with van der Waals surface area (Å²) in [5.41, 5.74) is 7.99. The third-order valence-electron chi connectivity index (χ3n) is 11.7. The van der Waals surface area contributed by atoms with E-state index in [4.69, 9.17) is 4.74 Å². The van der Waals surface area contributed by atoms with Gasteiger partial charge in [-0.2, -0.15) is 0 Å². The molecular formula is C44H48N4O5. The minimum atomic E-state index is -0.585. The summed E-state index contributed by atoms with van der Waals surface area (Å²) in [6, 6.07) is 30.8. The molecule has 4 aromatic carbocycles. The number of hydrogen-bond donors (Lipinski definition) is 2. The van der Waals surface area contributed by atoms with E-state index in [0.717, 1.165) is 76.3 Å². The van der Waals surface area contributed by atoms with Crippen LogP contribution in [0.1, 0.15) is 81.3 Å². The number of aromatic hydroxyl groups is 1. The van der Waals surface area contributed by atoms with Gasteiger partial charge in [-0.25, -0.2) is 0 Å². The summed E-state index contributed by atoms with van der Waals surface area (Å²) in [6.45, 7) is 7.00. The van der Waals surface area contributed by atoms with Crippen molar-refractivity contribution in [2.45, 2.75) is 62.9 Å². The van der Waals surface area contributed by atoms with Crippen molar-refractivity contribution in [1.29, 1.82) is 0 Å². The highest BCUT2D eigenvalue weighted by Gasteiger charge is 2.39. The molecule has 0 bridgehead atoms. The molecule has 2 fully saturated rings. The lowest BCUT2D eigenvalue weighted by Gasteiger charge is -2.35. The van der Waals surface area contributed by atoms with Gasteiger partial charge in [0.1, 0.15) is 24.1 Å². The molecule has 4 aliphatic rings. The Balaban J connectivity index is 0.814. The van der Waals surface area contributed by atoms with Crippen LogP contribution in [0.15, 0.2) is 91.0 Å². The van der Waals surface area contributed by atoms with Crippen molar-refractivity contribution in [2.75, 3.05) is 45.9 Å². The van der Waals surface area contributed by atoms with E-state index < -0.39 is 6.04 Å². The number of fused-ring (bicyclic) bond motifs is 2. The number of ether oxygens (including phenoxy) is 1. The number of nitrogens with zero attached hydrogens (tertiary/aromatic N) is 3. The Morgan fingerprint density at radius 2 is 1.55 bits per heavy atom. The summed E-state index contributed by atoms with van der Waals surface area (Å²) >= 11 is 0. The highest BCUT2D eigenvalue weighted by atomic mass is 16.5. The first kappa shape index (κ1) is 35.1. The fourth-order valence-corrected chi connectivity index (χ4v) is 8.88. The van der Waals surface area contributed by atoms with Crippen LogP contribution >= 0.6 is 0 Å². The van der Waals surface area contributed by atoms with Gasteiger partial charge in [-0.1, -0.05) is 60.7 Å². The quantitative estimate of drug-likeness (QED) is 0.205. The fraction of sp³-hybridized carbons (Fsp3) is 0.386. The van der Waals surface area contributed by atoms with Crippen LogP contribution in [0, 0.1) is 0 Å². The number of hydrogen-bond acceptors (Lipinski definition) is 7. The first-order valence-electron chi connectivity index (χ1n) is 19.2. The van der Waals surface area contributed by atoms with Crippen LogP contribution in [-0.4, -0.2) is 89.4 Å². The average molecular weight is 713 g/mol. The van der Waals surface area contributed by atoms with Crippen molar-refractivity contribution in [3.8, 4) is 11.5 Å². The maximum absolute atomic E-state index is 13.1. The lowest BCUT2D eigenvalue weighted by molar-refractivity contribution is -0.136. The van der Waals surface area contributed by atoms with Gasteiger partial charge in [0.2, 0.25) is 11.8 Å². The molecule has 53 heavy (non-hydrogen) atoms. The highest BCUT2D eigenvalue weighted by molar-refractivity contribution is 6.05. The lowest BCUT2D eigenvalue weighted by atomic mass is 9.69. The second-order valence-electron chi connectivity index (χ2n) is 15.0. The molecule has 0 saturated carbocycles. The molecule has 3 amide bonds. The van der Waals surface area contributed by atoms with Crippen molar-refractivity contribution in [1.82, 2.24) is 20.0 Å². The third kappa shape index (κ3) is 7.73. The van der Waals surface area contributed by atoms with Crippen LogP contribution in [0.2, 0.25) is 0 Å². The number of amides is 3. The topological polar surface area (TPSA) is 102 Å². The Morgan fingerprint density at radius 1 is 0.755 bits per heavy atom. The van der Waals surface area contributed by atoms with Gasteiger partial charge < -0.3 is 19.6 Å². The maximum atomic E-state index is 13.1. The van der Waals surface area contributed by atoms with Crippen LogP contribution in [0.5, 0.6) is 11.5 Å². The summed E-state index contributed by atoms with van der Waals surface area (Å²) in [4.78, 5) is 43.7. The molecule has 3 aliphatic heterocycles. The molecule has 8 rings (SSSR count). The zero-order chi connectivity index (χ0) is 36.3. The minimum Gasteiger partial charge on any atom is -0.508 e. The zero-order valence-corrected chi connectivity index (χ0v) is 30.2. The molecule has 0 unspecified atom stereocenters. The van der Waals surface area contributed by atoms with E-state index in [1.807, 2.05) is 24.3 Å². The molecule has 2 saturated heterocycles. The molecule has 0 aromatic heterocycles. The molecule has 2 N–H and O–H groups in total. The highest BCUT2D eigenvalue weighted by Crippen LogP contribution is 2.47. The zero-order valence-electron chi connectivity index (χ0n) is 30.2. The summed E-state index contributed by atoms with van der Waals surface area (Å²) in [5, 5.41) is 12.5. The maximum Gasteiger partial charge on any atom is 0.255 e. The van der Waals surface area contributed by atoms with E-state index in [1.165, 1.54) is 27.8 Å². The van der Waals surface area contributed by atoms with Gasteiger partial charge in [-0.05, 0) is 115 Å². The fourth-order valence-electron chi connectivity index (χ4n) is 8.88. The van der Waals surface area contributed by atoms with Crippen molar-refractivity contribution in [3.63, 3.8) is 0 Å². The van der Waals surface area contributed by atoms with Crippen LogP contribution < -0.4 is 10.1 Å². The molecule has 3 atom stereocenters. The molecule has 1 aliphatic carbocycles. The Labute approximate surface area is 311 Å². The Morgan fingerprint density at radius 3 is 2.34 bits per heavy atom. The SMILES string of the molecule is O=C1CC[C@H](N2Cc3cc(CCN4CCCN(CCOc5ccc([C@@H]6c7ccc(O)cc7CC[C@@H]6c6ccccc6)cc5)CC4)ccc3C2=O)C(=O)N1. The molecule has 9 heteroatoms. The summed E-state index contributed by atoms with van der Waals surface area (Å²) in [7, 11) is 0. The van der Waals surface area contributed by atoms with Gasteiger partial charge in [-0.3, -0.25) is 24.6 Å². The number of rotatable bonds is 10. The molecule has 0 spiro atoms. The second kappa shape index (κ2) is 15.5. The summed E-state index contributed by atoms with van der Waals surface area (Å²) < 4.78 is 6.27. The van der Waals surface area contributed by atoms with E-state index >= 15 is 0 Å². The Hall–Kier alpha value is -4.99. The molecule has 9 nitrogen and oxygen atoms in total. The van der Waals surface area contributed by atoms with Gasteiger partial charge in [0.25, 0.3) is 5.91 Å². The largest absolute Gasteiger partial charge is 0.508 e. The number of phenols is 1. The number of phenolic OH excluding ortho intramolecular Hbond substituents is 1. The second-order valence-corrected chi connectivity index (χ2v) is 15.0. The van der Waals surface area contributed by atoms with E-state index in [-0.39, 0.29) is 30.1 Å². The van der Waals surface area contributed by atoms with Crippen molar-refractivity contribution >= 4 is 17.7 Å². The number of carbonyl (C=O) groups excluding carboxylic acids is 3. The normalized spacial score (nSPS) is 22.2. The number of aryl methyl sites for hydroxylation is 1. The van der Waals surface area contributed by atoms with Crippen LogP contribution in [-0.2, 0) is 29.0 Å². The molecule has 4 aromatic rings. The number of piperidine rings is 1. The monoisotopic (exact) mass is 712 g/mol. The van der Waals surface area contributed by atoms with Crippen molar-refractivity contribution in [3.05, 3.63) is 130 Å². The van der Waals surface area contributed by atoms with Crippen LogP contribution in [0.4, 0.5) is 0 Å². The van der Waals surface area contributed by atoms with Crippen molar-refractivity contribution in [2.24, 2.45) is 0 Å². The third-order valence-corrected chi connectivity index (χ3v) is 11.7. The molecule has 0 radical (unpaired) electrons. The molecular weight excluding hydrogens is 665 g/mol. The number of imide groups is 1. The van der Waals surface area contributed by atoms with E-state index in [0.29, 0.717) is 36.8 Å². The average Bonchev–Trinajstić information content (AvgIpc) is 3.32. The smallest absolute Gasteiger partial charge is 0.255 e. The van der Waals surface area contributed by atoms with E-state index in [2.05, 4.69) is 81.8 Å². The van der Waals surface area contributed by atoms with E-state index in [1.54, 1.807) is 4.90 Å². The van der Waals surface area contributed by atoms with Crippen LogP contribution in [0.25, 0.3) is 0 Å². The first-order valence-corrected chi connectivity index (χ1v) is 19.2. The Kier molecular flexibility index (Phi) is 10.3. The van der Waals surface area contributed by atoms with Gasteiger partial charge in [0.15, 0.2) is 0 Å². The van der Waals surface area contributed by atoms with Gasteiger partial charge in [0, 0.05) is 50.6 Å². The predicted molar refractivity (Wildman–Crippen MR) is 203 cm³/mol. The van der Waals surface area contributed by atoms with Crippen molar-refractivity contribution < 1.29 is 24.2 Å². The molecule has 274 valence electrons. The van der Waals surface area contributed by atoms with Gasteiger partial charge in [-0.15, -0.1) is 0 Å². The van der Waals surface area contributed by atoms with Gasteiger partial charge >= 0.3 is 0 Å². The minimum absolute atomic E-state index is 0.125. The molecule has 3 heterocycles.